The van der Waals surface area contributed by atoms with Crippen LogP contribution in [0, 0.1) is 11.8 Å². The summed E-state index contributed by atoms with van der Waals surface area (Å²) in [6.07, 6.45) is -0.162. The normalized spacial score (nSPS) is 26.2. The number of rotatable bonds is 6. The van der Waals surface area contributed by atoms with Crippen LogP contribution in [0.5, 0.6) is 0 Å². The Labute approximate surface area is 233 Å². The third-order valence-corrected chi connectivity index (χ3v) is 3.83. The third kappa shape index (κ3) is 10.1. The fourth-order valence-corrected chi connectivity index (χ4v) is 2.31. The van der Waals surface area contributed by atoms with Crippen LogP contribution in [0.3, 0.4) is 0 Å². The van der Waals surface area contributed by atoms with Gasteiger partial charge in [0.25, 0.3) is 0 Å². The standard InChI is InChI=1S/2C6H9BF3O2.2K/c2*1-2-12-6(11)4-3-5(4)7(8,9)10;;/h2*4-5H,2-3H2,1H3;;/q2*-1;2*+1/t2*4-,5-;;/m10../s1. The molecule has 0 aliphatic heterocycles. The molecule has 0 N–H and O–H groups in total. The first kappa shape index (κ1) is 30.1. The molecule has 26 heavy (non-hydrogen) atoms. The number of hydrogen-bond acceptors (Lipinski definition) is 4. The Bertz CT molecular complexity index is 436. The molecule has 14 heteroatoms. The molecule has 0 radical (unpaired) electrons. The van der Waals surface area contributed by atoms with Crippen molar-refractivity contribution in [3.8, 4) is 0 Å². The third-order valence-electron chi connectivity index (χ3n) is 3.83. The summed E-state index contributed by atoms with van der Waals surface area (Å²) in [7, 11) is 0. The zero-order chi connectivity index (χ0) is 18.7. The summed E-state index contributed by atoms with van der Waals surface area (Å²) in [5, 5.41) is 0. The average Bonchev–Trinajstić information content (AvgIpc) is 3.29. The number of ether oxygens (including phenoxy) is 2. The summed E-state index contributed by atoms with van der Waals surface area (Å²) >= 11 is 0. The Hall–Kier alpha value is 1.92. The van der Waals surface area contributed by atoms with E-state index in [9.17, 15) is 35.5 Å². The number of esters is 2. The Morgan fingerprint density at radius 1 is 0.769 bits per heavy atom. The fraction of sp³-hybridized carbons (Fsp3) is 0.833. The van der Waals surface area contributed by atoms with Gasteiger partial charge >= 0.3 is 129 Å². The molecule has 0 aromatic rings. The quantitative estimate of drug-likeness (QED) is 0.263. The molecule has 0 aromatic heterocycles. The predicted molar refractivity (Wildman–Crippen MR) is 75.1 cm³/mol. The van der Waals surface area contributed by atoms with Gasteiger partial charge in [-0.15, -0.1) is 0 Å². The van der Waals surface area contributed by atoms with E-state index in [1.165, 1.54) is 0 Å². The van der Waals surface area contributed by atoms with Gasteiger partial charge in [-0.1, -0.05) is 24.5 Å². The predicted octanol–water partition coefficient (Wildman–Crippen LogP) is -2.42. The van der Waals surface area contributed by atoms with Crippen molar-refractivity contribution >= 4 is 25.9 Å². The van der Waals surface area contributed by atoms with Crippen molar-refractivity contribution < 1.29 is 148 Å². The number of halogens is 6. The van der Waals surface area contributed by atoms with Gasteiger partial charge in [-0.05, 0) is 13.8 Å². The molecule has 0 heterocycles. The van der Waals surface area contributed by atoms with Gasteiger partial charge in [0.15, 0.2) is 0 Å². The van der Waals surface area contributed by atoms with Gasteiger partial charge < -0.3 is 35.4 Å². The summed E-state index contributed by atoms with van der Waals surface area (Å²) in [4.78, 5) is 21.5. The molecule has 0 amide bonds. The first-order chi connectivity index (χ1) is 10.9. The SMILES string of the molecule is CCOC(=O)[C@@H]1C[C@H]1[B-](F)(F)F.CCOC(=O)[C@H]1C[C@@H]1[B-](F)(F)F.[K+].[K+]. The Morgan fingerprint density at radius 3 is 1.19 bits per heavy atom. The summed E-state index contributed by atoms with van der Waals surface area (Å²) < 4.78 is 80.6. The minimum Gasteiger partial charge on any atom is -0.466 e. The molecule has 0 unspecified atom stereocenters. The molecule has 4 nitrogen and oxygen atoms in total. The van der Waals surface area contributed by atoms with Crippen LogP contribution in [0.2, 0.25) is 11.6 Å². The van der Waals surface area contributed by atoms with E-state index in [1.807, 2.05) is 0 Å². The molecule has 0 spiro atoms. The molecule has 0 saturated heterocycles. The van der Waals surface area contributed by atoms with Gasteiger partial charge in [0.1, 0.15) is 0 Å². The number of carbonyl (C=O) groups excluding carboxylic acids is 2. The smallest absolute Gasteiger partial charge is 0.466 e. The molecular formula is C12H18B2F6K2O4. The van der Waals surface area contributed by atoms with Crippen molar-refractivity contribution in [1.29, 1.82) is 0 Å². The molecule has 0 aromatic carbocycles. The fourth-order valence-electron chi connectivity index (χ4n) is 2.31. The summed E-state index contributed by atoms with van der Waals surface area (Å²) in [5.74, 6) is -6.04. The molecule has 2 aliphatic rings. The van der Waals surface area contributed by atoms with E-state index >= 15 is 0 Å². The number of hydrogen-bond donors (Lipinski definition) is 0. The zero-order valence-corrected chi connectivity index (χ0v) is 21.4. The van der Waals surface area contributed by atoms with Crippen LogP contribution in [0.15, 0.2) is 0 Å². The first-order valence-electron chi connectivity index (χ1n) is 7.66. The maximum atomic E-state index is 11.9. The van der Waals surface area contributed by atoms with Gasteiger partial charge in [0.05, 0.1) is 13.2 Å². The maximum Gasteiger partial charge on any atom is 1.00 e. The van der Waals surface area contributed by atoms with Crippen molar-refractivity contribution in [2.45, 2.75) is 38.3 Å². The minimum absolute atomic E-state index is 0. The minimum atomic E-state index is -4.84. The molecule has 0 bridgehead atoms. The second-order valence-electron chi connectivity index (χ2n) is 5.77. The van der Waals surface area contributed by atoms with Crippen molar-refractivity contribution in [2.24, 2.45) is 11.8 Å². The van der Waals surface area contributed by atoms with Crippen LogP contribution < -0.4 is 103 Å². The van der Waals surface area contributed by atoms with E-state index in [1.54, 1.807) is 13.8 Å². The molecule has 2 saturated carbocycles. The Balaban J connectivity index is 0. The van der Waals surface area contributed by atoms with Gasteiger partial charge in [0, 0.05) is 11.8 Å². The largest absolute Gasteiger partial charge is 1.00 e. The number of carbonyl (C=O) groups is 2. The van der Waals surface area contributed by atoms with E-state index in [-0.39, 0.29) is 129 Å². The summed E-state index contributed by atoms with van der Waals surface area (Å²) in [5.41, 5.74) is 0. The van der Waals surface area contributed by atoms with E-state index in [2.05, 4.69) is 9.47 Å². The molecular weight excluding hydrogens is 422 g/mol. The molecule has 4 atom stereocenters. The first-order valence-corrected chi connectivity index (χ1v) is 7.66. The second kappa shape index (κ2) is 12.6. The molecule has 2 aliphatic carbocycles. The van der Waals surface area contributed by atoms with E-state index in [0.29, 0.717) is 0 Å². The van der Waals surface area contributed by atoms with Crippen molar-refractivity contribution in [3.05, 3.63) is 0 Å². The van der Waals surface area contributed by atoms with Crippen LogP contribution in [0.4, 0.5) is 25.9 Å². The van der Waals surface area contributed by atoms with Gasteiger partial charge in [-0.3, -0.25) is 9.59 Å². The van der Waals surface area contributed by atoms with Crippen molar-refractivity contribution in [2.75, 3.05) is 13.2 Å². The topological polar surface area (TPSA) is 52.6 Å². The monoisotopic (exact) mass is 440 g/mol. The van der Waals surface area contributed by atoms with Gasteiger partial charge in [-0.2, -0.15) is 0 Å². The average molecular weight is 440 g/mol. The van der Waals surface area contributed by atoms with Crippen LogP contribution in [-0.2, 0) is 19.1 Å². The Kier molecular flexibility index (Phi) is 14.6. The van der Waals surface area contributed by atoms with Gasteiger partial charge in [-0.25, -0.2) is 0 Å². The Morgan fingerprint density at radius 2 is 1.04 bits per heavy atom. The van der Waals surface area contributed by atoms with Crippen LogP contribution in [0.25, 0.3) is 0 Å². The zero-order valence-electron chi connectivity index (χ0n) is 15.2. The van der Waals surface area contributed by atoms with Crippen LogP contribution in [0.1, 0.15) is 26.7 Å². The molecule has 2 rings (SSSR count). The summed E-state index contributed by atoms with van der Waals surface area (Å²) in [6, 6.07) is 0. The molecule has 140 valence electrons. The maximum absolute atomic E-state index is 11.9. The molecule has 2 fully saturated rings. The van der Waals surface area contributed by atoms with E-state index in [0.717, 1.165) is 0 Å². The summed E-state index contributed by atoms with van der Waals surface area (Å²) in [6.45, 7) is -6.24. The van der Waals surface area contributed by atoms with Crippen molar-refractivity contribution in [3.63, 3.8) is 0 Å². The van der Waals surface area contributed by atoms with Crippen molar-refractivity contribution in [1.82, 2.24) is 0 Å². The second-order valence-corrected chi connectivity index (χ2v) is 5.77. The van der Waals surface area contributed by atoms with Gasteiger partial charge in [0.2, 0.25) is 0 Å². The van der Waals surface area contributed by atoms with Crippen LogP contribution in [-0.4, -0.2) is 39.1 Å². The van der Waals surface area contributed by atoms with E-state index < -0.39 is 49.4 Å². The van der Waals surface area contributed by atoms with E-state index in [4.69, 9.17) is 0 Å². The van der Waals surface area contributed by atoms with Crippen LogP contribution >= 0.6 is 0 Å².